The monoisotopic (exact) mass is 270 g/mol. The SMILES string of the molecule is COCCOCC(CSCCO)SCCO. The van der Waals surface area contributed by atoms with Crippen LogP contribution < -0.4 is 0 Å². The first-order chi connectivity index (χ1) is 7.85. The summed E-state index contributed by atoms with van der Waals surface area (Å²) in [6.45, 7) is 2.31. The van der Waals surface area contributed by atoms with Gasteiger partial charge < -0.3 is 19.7 Å². The van der Waals surface area contributed by atoms with E-state index in [2.05, 4.69) is 0 Å². The normalized spacial score (nSPS) is 12.9. The molecule has 0 amide bonds. The van der Waals surface area contributed by atoms with E-state index in [4.69, 9.17) is 19.7 Å². The molecule has 0 fully saturated rings. The van der Waals surface area contributed by atoms with Gasteiger partial charge in [0.2, 0.25) is 0 Å². The predicted octanol–water partition coefficient (Wildman–Crippen LogP) is 0.469. The minimum absolute atomic E-state index is 0.198. The summed E-state index contributed by atoms with van der Waals surface area (Å²) in [5.41, 5.74) is 0. The van der Waals surface area contributed by atoms with Gasteiger partial charge in [-0.2, -0.15) is 23.5 Å². The molecule has 16 heavy (non-hydrogen) atoms. The minimum Gasteiger partial charge on any atom is -0.396 e. The third-order valence-electron chi connectivity index (χ3n) is 1.72. The van der Waals surface area contributed by atoms with Crippen LogP contribution >= 0.6 is 23.5 Å². The van der Waals surface area contributed by atoms with E-state index >= 15 is 0 Å². The summed E-state index contributed by atoms with van der Waals surface area (Å²) in [5, 5.41) is 17.8. The summed E-state index contributed by atoms with van der Waals surface area (Å²) in [6.07, 6.45) is 0. The van der Waals surface area contributed by atoms with Gasteiger partial charge in [-0.05, 0) is 0 Å². The first-order valence-corrected chi connectivity index (χ1v) is 7.53. The van der Waals surface area contributed by atoms with Crippen molar-refractivity contribution in [3.05, 3.63) is 0 Å². The smallest absolute Gasteiger partial charge is 0.0700 e. The highest BCUT2D eigenvalue weighted by molar-refractivity contribution is 8.03. The van der Waals surface area contributed by atoms with Crippen LogP contribution in [-0.2, 0) is 9.47 Å². The summed E-state index contributed by atoms with van der Waals surface area (Å²) in [5.74, 6) is 2.43. The molecule has 1 atom stereocenters. The van der Waals surface area contributed by atoms with Gasteiger partial charge in [0.05, 0.1) is 33.0 Å². The zero-order chi connectivity index (χ0) is 12.1. The van der Waals surface area contributed by atoms with Crippen LogP contribution in [0.15, 0.2) is 0 Å². The van der Waals surface area contributed by atoms with E-state index in [9.17, 15) is 0 Å². The van der Waals surface area contributed by atoms with Gasteiger partial charge in [0.15, 0.2) is 0 Å². The second-order valence-corrected chi connectivity index (χ2v) is 5.64. The number of thioether (sulfide) groups is 2. The summed E-state index contributed by atoms with van der Waals surface area (Å²) in [6, 6.07) is 0. The first kappa shape index (κ1) is 16.5. The molecule has 0 aromatic rings. The second kappa shape index (κ2) is 13.6. The zero-order valence-corrected chi connectivity index (χ0v) is 11.4. The standard InChI is InChI=1S/C10H22O4S2/c1-13-4-5-14-8-10(16-7-3-12)9-15-6-2-11/h10-12H,2-9H2,1H3. The van der Waals surface area contributed by atoms with Crippen LogP contribution in [0.2, 0.25) is 0 Å². The molecule has 2 N–H and O–H groups in total. The van der Waals surface area contributed by atoms with E-state index in [1.807, 2.05) is 0 Å². The van der Waals surface area contributed by atoms with E-state index in [-0.39, 0.29) is 13.2 Å². The molecule has 0 spiro atoms. The van der Waals surface area contributed by atoms with Crippen molar-refractivity contribution in [3.8, 4) is 0 Å². The van der Waals surface area contributed by atoms with Crippen molar-refractivity contribution < 1.29 is 19.7 Å². The van der Waals surface area contributed by atoms with Crippen LogP contribution in [0.4, 0.5) is 0 Å². The molecule has 98 valence electrons. The fourth-order valence-corrected chi connectivity index (χ4v) is 2.96. The molecule has 0 radical (unpaired) electrons. The van der Waals surface area contributed by atoms with Gasteiger partial charge in [-0.25, -0.2) is 0 Å². The van der Waals surface area contributed by atoms with Crippen molar-refractivity contribution in [2.24, 2.45) is 0 Å². The Morgan fingerprint density at radius 3 is 2.50 bits per heavy atom. The molecule has 0 saturated heterocycles. The van der Waals surface area contributed by atoms with Gasteiger partial charge in [0, 0.05) is 29.6 Å². The largest absolute Gasteiger partial charge is 0.396 e. The molecule has 4 nitrogen and oxygen atoms in total. The van der Waals surface area contributed by atoms with Crippen LogP contribution in [0.3, 0.4) is 0 Å². The van der Waals surface area contributed by atoms with Crippen molar-refractivity contribution in [1.29, 1.82) is 0 Å². The Morgan fingerprint density at radius 1 is 1.12 bits per heavy atom. The Balaban J connectivity index is 3.54. The van der Waals surface area contributed by atoms with Gasteiger partial charge in [0.25, 0.3) is 0 Å². The van der Waals surface area contributed by atoms with E-state index < -0.39 is 0 Å². The van der Waals surface area contributed by atoms with E-state index in [0.29, 0.717) is 25.1 Å². The van der Waals surface area contributed by atoms with E-state index in [1.165, 1.54) is 0 Å². The second-order valence-electron chi connectivity index (χ2n) is 3.08. The maximum absolute atomic E-state index is 8.77. The lowest BCUT2D eigenvalue weighted by Gasteiger charge is -2.15. The quantitative estimate of drug-likeness (QED) is 0.503. The molecular weight excluding hydrogens is 248 g/mol. The number of rotatable bonds is 12. The maximum Gasteiger partial charge on any atom is 0.0700 e. The molecule has 0 saturated carbocycles. The number of ether oxygens (including phenoxy) is 2. The van der Waals surface area contributed by atoms with Crippen LogP contribution in [0.1, 0.15) is 0 Å². The molecule has 0 aromatic carbocycles. The number of aliphatic hydroxyl groups is 2. The van der Waals surface area contributed by atoms with Crippen LogP contribution in [0.25, 0.3) is 0 Å². The molecule has 1 unspecified atom stereocenters. The topological polar surface area (TPSA) is 58.9 Å². The average Bonchev–Trinajstić information content (AvgIpc) is 2.31. The van der Waals surface area contributed by atoms with E-state index in [1.54, 1.807) is 30.6 Å². The van der Waals surface area contributed by atoms with Crippen LogP contribution in [0.5, 0.6) is 0 Å². The van der Waals surface area contributed by atoms with Crippen LogP contribution in [-0.4, -0.2) is 72.9 Å². The van der Waals surface area contributed by atoms with Crippen molar-refractivity contribution in [2.75, 3.05) is 57.4 Å². The number of hydrogen-bond acceptors (Lipinski definition) is 6. The predicted molar refractivity (Wildman–Crippen MR) is 70.4 cm³/mol. The number of hydrogen-bond donors (Lipinski definition) is 2. The average molecular weight is 270 g/mol. The molecule has 0 aromatic heterocycles. The van der Waals surface area contributed by atoms with Gasteiger partial charge >= 0.3 is 0 Å². The van der Waals surface area contributed by atoms with Crippen molar-refractivity contribution >= 4 is 23.5 Å². The fourth-order valence-electron chi connectivity index (χ4n) is 1.00. The molecule has 0 aliphatic carbocycles. The Hall–Kier alpha value is 0.540. The van der Waals surface area contributed by atoms with E-state index in [0.717, 1.165) is 17.3 Å². The molecule has 0 bridgehead atoms. The molecule has 0 heterocycles. The molecule has 0 rings (SSSR count). The van der Waals surface area contributed by atoms with Crippen molar-refractivity contribution in [3.63, 3.8) is 0 Å². The van der Waals surface area contributed by atoms with Crippen molar-refractivity contribution in [1.82, 2.24) is 0 Å². The Kier molecular flexibility index (Phi) is 14.1. The molecule has 6 heteroatoms. The summed E-state index contributed by atoms with van der Waals surface area (Å²) in [4.78, 5) is 0. The Labute approximate surface area is 106 Å². The number of methoxy groups -OCH3 is 1. The number of aliphatic hydroxyl groups excluding tert-OH is 2. The van der Waals surface area contributed by atoms with Gasteiger partial charge in [0.1, 0.15) is 0 Å². The zero-order valence-electron chi connectivity index (χ0n) is 9.76. The maximum atomic E-state index is 8.77. The minimum atomic E-state index is 0.198. The summed E-state index contributed by atoms with van der Waals surface area (Å²) < 4.78 is 10.4. The lowest BCUT2D eigenvalue weighted by molar-refractivity contribution is 0.0730. The van der Waals surface area contributed by atoms with Gasteiger partial charge in [-0.1, -0.05) is 0 Å². The Bertz CT molecular complexity index is 138. The van der Waals surface area contributed by atoms with Gasteiger partial charge in [-0.15, -0.1) is 0 Å². The highest BCUT2D eigenvalue weighted by atomic mass is 32.2. The summed E-state index contributed by atoms with van der Waals surface area (Å²) in [7, 11) is 1.65. The highest BCUT2D eigenvalue weighted by Crippen LogP contribution is 2.16. The highest BCUT2D eigenvalue weighted by Gasteiger charge is 2.09. The summed E-state index contributed by atoms with van der Waals surface area (Å²) >= 11 is 3.42. The van der Waals surface area contributed by atoms with Crippen molar-refractivity contribution in [2.45, 2.75) is 5.25 Å². The first-order valence-electron chi connectivity index (χ1n) is 5.32. The molecular formula is C10H22O4S2. The third-order valence-corrected chi connectivity index (χ3v) is 4.23. The molecule has 0 aliphatic rings. The van der Waals surface area contributed by atoms with Crippen LogP contribution in [0, 0.1) is 0 Å². The Morgan fingerprint density at radius 2 is 1.88 bits per heavy atom. The lowest BCUT2D eigenvalue weighted by atomic mass is 10.5. The molecule has 0 aliphatic heterocycles. The lowest BCUT2D eigenvalue weighted by Crippen LogP contribution is -2.18. The fraction of sp³-hybridized carbons (Fsp3) is 1.00. The third kappa shape index (κ3) is 11.0. The van der Waals surface area contributed by atoms with Gasteiger partial charge in [-0.3, -0.25) is 0 Å².